The minimum atomic E-state index is -3.93. The van der Waals surface area contributed by atoms with Crippen LogP contribution in [-0.4, -0.2) is 57.6 Å². The molecule has 2 heterocycles. The summed E-state index contributed by atoms with van der Waals surface area (Å²) in [6, 6.07) is 9.85. The summed E-state index contributed by atoms with van der Waals surface area (Å²) in [5.74, 6) is -1.02. The lowest BCUT2D eigenvalue weighted by molar-refractivity contribution is 0.0472. The van der Waals surface area contributed by atoms with Crippen LogP contribution in [0.25, 0.3) is 0 Å². The molecule has 4 rings (SSSR count). The Balaban J connectivity index is 1.38. The van der Waals surface area contributed by atoms with Gasteiger partial charge in [-0.1, -0.05) is 0 Å². The van der Waals surface area contributed by atoms with Crippen molar-refractivity contribution >= 4 is 33.4 Å². The number of hydrogen-bond acceptors (Lipinski definition) is 9. The molecule has 2 N–H and O–H groups in total. The summed E-state index contributed by atoms with van der Waals surface area (Å²) >= 11 is 0. The Morgan fingerprint density at radius 1 is 0.947 bits per heavy atom. The average molecular weight is 543 g/mol. The number of nitrogens with one attached hydrogen (secondary N) is 2. The van der Waals surface area contributed by atoms with Gasteiger partial charge in [0, 0.05) is 17.4 Å². The monoisotopic (exact) mass is 542 g/mol. The van der Waals surface area contributed by atoms with Crippen molar-refractivity contribution in [3.63, 3.8) is 0 Å². The topological polar surface area (TPSA) is 150 Å². The summed E-state index contributed by atoms with van der Waals surface area (Å²) in [4.78, 5) is 40.1. The van der Waals surface area contributed by atoms with Gasteiger partial charge in [0.1, 0.15) is 13.2 Å². The van der Waals surface area contributed by atoms with Crippen molar-refractivity contribution in [2.24, 2.45) is 0 Å². The highest BCUT2D eigenvalue weighted by Crippen LogP contribution is 2.32. The molecule has 12 heteroatoms. The lowest BCUT2D eigenvalue weighted by Gasteiger charge is -2.19. The number of fused-ring (bicyclic) bond motifs is 1. The molecule has 2 aromatic carbocycles. The summed E-state index contributed by atoms with van der Waals surface area (Å²) in [6.07, 6.45) is 0. The molecule has 1 aliphatic heterocycles. The number of aromatic nitrogens is 1. The fourth-order valence-electron chi connectivity index (χ4n) is 3.90. The Kier molecular flexibility index (Phi) is 7.72. The number of Topliss-reactive ketones (excluding diaryl/α,β-unsaturated/α-hetero) is 1. The largest absolute Gasteiger partial charge is 0.486 e. The number of esters is 2. The van der Waals surface area contributed by atoms with Gasteiger partial charge in [0.25, 0.3) is 10.0 Å². The first kappa shape index (κ1) is 26.7. The number of aromatic amines is 1. The number of carbonyl (C=O) groups is 3. The normalized spacial score (nSPS) is 12.5. The van der Waals surface area contributed by atoms with Crippen LogP contribution in [0.3, 0.4) is 0 Å². The molecule has 1 aliphatic rings. The minimum absolute atomic E-state index is 0.00953. The van der Waals surface area contributed by atoms with Crippen LogP contribution in [0.1, 0.15) is 49.4 Å². The number of aryl methyl sites for hydroxylation is 1. The summed E-state index contributed by atoms with van der Waals surface area (Å²) in [7, 11) is -3.93. The van der Waals surface area contributed by atoms with Crippen LogP contribution in [0.2, 0.25) is 0 Å². The predicted octanol–water partition coefficient (Wildman–Crippen LogP) is 3.42. The second-order valence-electron chi connectivity index (χ2n) is 8.33. The molecule has 0 fully saturated rings. The number of H-pyrrole nitrogens is 1. The molecule has 11 nitrogen and oxygen atoms in total. The molecule has 38 heavy (non-hydrogen) atoms. The van der Waals surface area contributed by atoms with Crippen LogP contribution in [-0.2, 0) is 19.5 Å². The van der Waals surface area contributed by atoms with Crippen molar-refractivity contribution in [1.82, 2.24) is 4.98 Å². The van der Waals surface area contributed by atoms with E-state index in [2.05, 4.69) is 9.71 Å². The molecule has 0 saturated heterocycles. The van der Waals surface area contributed by atoms with E-state index < -0.39 is 34.4 Å². The van der Waals surface area contributed by atoms with E-state index >= 15 is 0 Å². The van der Waals surface area contributed by atoms with E-state index in [0.29, 0.717) is 36.0 Å². The molecule has 0 radical (unpaired) electrons. The van der Waals surface area contributed by atoms with Crippen LogP contribution in [0.4, 0.5) is 5.69 Å². The Labute approximate surface area is 219 Å². The smallest absolute Gasteiger partial charge is 0.340 e. The molecule has 0 saturated carbocycles. The fourth-order valence-corrected chi connectivity index (χ4v) is 4.98. The zero-order chi connectivity index (χ0) is 27.4. The van der Waals surface area contributed by atoms with E-state index in [-0.39, 0.29) is 34.0 Å². The third kappa shape index (κ3) is 5.65. The first-order chi connectivity index (χ1) is 18.1. The third-order valence-electron chi connectivity index (χ3n) is 5.73. The molecule has 3 aromatic rings. The zero-order valence-electron chi connectivity index (χ0n) is 21.0. The Bertz CT molecular complexity index is 1490. The third-order valence-corrected chi connectivity index (χ3v) is 7.11. The number of sulfonamides is 1. The first-order valence-electron chi connectivity index (χ1n) is 11.7. The lowest BCUT2D eigenvalue weighted by atomic mass is 10.1. The molecule has 0 unspecified atom stereocenters. The number of carbonyl (C=O) groups excluding carboxylic acids is 3. The summed E-state index contributed by atoms with van der Waals surface area (Å²) in [6.45, 7) is 5.29. The van der Waals surface area contributed by atoms with Crippen LogP contribution in [0.15, 0.2) is 47.4 Å². The van der Waals surface area contributed by atoms with E-state index in [4.69, 9.17) is 18.9 Å². The van der Waals surface area contributed by atoms with Crippen molar-refractivity contribution in [1.29, 1.82) is 0 Å². The van der Waals surface area contributed by atoms with E-state index in [0.717, 1.165) is 0 Å². The molecule has 0 amide bonds. The van der Waals surface area contributed by atoms with Gasteiger partial charge in [0.15, 0.2) is 18.1 Å². The lowest BCUT2D eigenvalue weighted by Crippen LogP contribution is -2.17. The van der Waals surface area contributed by atoms with Gasteiger partial charge in [-0.3, -0.25) is 9.52 Å². The van der Waals surface area contributed by atoms with Crippen molar-refractivity contribution < 1.29 is 41.7 Å². The van der Waals surface area contributed by atoms with Gasteiger partial charge in [-0.05, 0) is 62.7 Å². The van der Waals surface area contributed by atoms with E-state index in [9.17, 15) is 22.8 Å². The number of rotatable bonds is 9. The fraction of sp³-hybridized carbons (Fsp3) is 0.269. The number of ketones is 1. The maximum atomic E-state index is 12.8. The Hall–Kier alpha value is -4.32. The van der Waals surface area contributed by atoms with Gasteiger partial charge in [0.2, 0.25) is 5.78 Å². The van der Waals surface area contributed by atoms with E-state index in [1.165, 1.54) is 42.5 Å². The standard InChI is InChI=1S/C26H26N2O9S/c1-4-34-26(31)23-15(2)24(27-16(23)3)20(29)14-37-25(30)17-5-7-18(8-6-17)28-38(32,33)19-9-10-21-22(13-19)36-12-11-35-21/h5-10,13,27-28H,4,11-12,14H2,1-3H3. The average Bonchev–Trinajstić information content (AvgIpc) is 3.20. The van der Waals surface area contributed by atoms with E-state index in [1.807, 2.05) is 0 Å². The quantitative estimate of drug-likeness (QED) is 0.306. The predicted molar refractivity (Wildman–Crippen MR) is 136 cm³/mol. The van der Waals surface area contributed by atoms with Crippen molar-refractivity contribution in [2.45, 2.75) is 25.7 Å². The summed E-state index contributed by atoms with van der Waals surface area (Å²) < 4.78 is 49.0. The zero-order valence-corrected chi connectivity index (χ0v) is 21.8. The van der Waals surface area contributed by atoms with Crippen molar-refractivity contribution in [2.75, 3.05) is 31.1 Å². The molecule has 0 bridgehead atoms. The van der Waals surface area contributed by atoms with Crippen LogP contribution in [0, 0.1) is 13.8 Å². The second-order valence-corrected chi connectivity index (χ2v) is 10.0. The Morgan fingerprint density at radius 2 is 1.63 bits per heavy atom. The van der Waals surface area contributed by atoms with Crippen LogP contribution < -0.4 is 14.2 Å². The molecule has 200 valence electrons. The Morgan fingerprint density at radius 3 is 2.32 bits per heavy atom. The molecule has 0 spiro atoms. The van der Waals surface area contributed by atoms with E-state index in [1.54, 1.807) is 20.8 Å². The molecular formula is C26H26N2O9S. The number of anilines is 1. The van der Waals surface area contributed by atoms with Crippen LogP contribution >= 0.6 is 0 Å². The highest BCUT2D eigenvalue weighted by Gasteiger charge is 2.24. The van der Waals surface area contributed by atoms with Crippen molar-refractivity contribution in [3.8, 4) is 11.5 Å². The highest BCUT2D eigenvalue weighted by atomic mass is 32.2. The number of ether oxygens (including phenoxy) is 4. The maximum Gasteiger partial charge on any atom is 0.340 e. The van der Waals surface area contributed by atoms with Crippen molar-refractivity contribution in [3.05, 3.63) is 70.5 Å². The van der Waals surface area contributed by atoms with Gasteiger partial charge in [-0.15, -0.1) is 0 Å². The van der Waals surface area contributed by atoms with Crippen LogP contribution in [0.5, 0.6) is 11.5 Å². The maximum absolute atomic E-state index is 12.8. The SMILES string of the molecule is CCOC(=O)c1c(C)[nH]c(C(=O)COC(=O)c2ccc(NS(=O)(=O)c3ccc4c(c3)OCCO4)cc2)c1C. The first-order valence-corrected chi connectivity index (χ1v) is 13.2. The summed E-state index contributed by atoms with van der Waals surface area (Å²) in [5.41, 5.74) is 1.66. The van der Waals surface area contributed by atoms with Gasteiger partial charge in [-0.25, -0.2) is 18.0 Å². The molecule has 0 atom stereocenters. The summed E-state index contributed by atoms with van der Waals surface area (Å²) in [5, 5.41) is 0. The van der Waals surface area contributed by atoms with Gasteiger partial charge >= 0.3 is 11.9 Å². The van der Waals surface area contributed by atoms with Gasteiger partial charge in [-0.2, -0.15) is 0 Å². The highest BCUT2D eigenvalue weighted by molar-refractivity contribution is 7.92. The minimum Gasteiger partial charge on any atom is -0.486 e. The number of benzene rings is 2. The molecule has 1 aromatic heterocycles. The number of hydrogen-bond donors (Lipinski definition) is 2. The van der Waals surface area contributed by atoms with Gasteiger partial charge in [0.05, 0.1) is 28.3 Å². The molecular weight excluding hydrogens is 516 g/mol. The second kappa shape index (κ2) is 11.0. The molecule has 0 aliphatic carbocycles. The van der Waals surface area contributed by atoms with Gasteiger partial charge < -0.3 is 23.9 Å².